The molecule has 10 heteroatoms. The lowest BCUT2D eigenvalue weighted by Crippen LogP contribution is -2.60. The topological polar surface area (TPSA) is 110 Å². The van der Waals surface area contributed by atoms with Crippen LogP contribution < -0.4 is 19.5 Å². The fourth-order valence-electron chi connectivity index (χ4n) is 6.90. The fourth-order valence-corrected chi connectivity index (χ4v) is 6.90. The van der Waals surface area contributed by atoms with E-state index in [0.29, 0.717) is 74.8 Å². The number of rotatable bonds is 4. The van der Waals surface area contributed by atoms with Gasteiger partial charge in [-0.1, -0.05) is 6.07 Å². The number of nitrogens with one attached hydrogen (secondary N) is 1. The molecule has 1 aromatic carbocycles. The minimum atomic E-state index is -0.0398. The molecule has 0 spiro atoms. The fraction of sp³-hybridized carbons (Fsp3) is 0.562. The number of methoxy groups -OCH3 is 3. The van der Waals surface area contributed by atoms with Crippen LogP contribution in [0.15, 0.2) is 30.5 Å². The molecular weight excluding hydrogens is 536 g/mol. The summed E-state index contributed by atoms with van der Waals surface area (Å²) in [6, 6.07) is 7.43. The highest BCUT2D eigenvalue weighted by atomic mass is 16.5. The first-order chi connectivity index (χ1) is 20.4. The number of fused-ring (bicyclic) bond motifs is 6. The van der Waals surface area contributed by atoms with Crippen LogP contribution in [-0.4, -0.2) is 86.1 Å². The molecule has 4 heterocycles. The second kappa shape index (κ2) is 13.4. The van der Waals surface area contributed by atoms with Crippen LogP contribution >= 0.6 is 0 Å². The molecule has 2 saturated heterocycles. The van der Waals surface area contributed by atoms with Crippen molar-refractivity contribution in [1.29, 1.82) is 0 Å². The van der Waals surface area contributed by atoms with Crippen molar-refractivity contribution in [3.63, 3.8) is 0 Å². The summed E-state index contributed by atoms with van der Waals surface area (Å²) in [4.78, 5) is 48.1. The summed E-state index contributed by atoms with van der Waals surface area (Å²) < 4.78 is 16.5. The largest absolute Gasteiger partial charge is 0.493 e. The number of pyridine rings is 1. The number of ether oxygens (including phenoxy) is 3. The van der Waals surface area contributed by atoms with Crippen molar-refractivity contribution in [2.75, 3.05) is 47.5 Å². The molecule has 3 amide bonds. The first-order valence-corrected chi connectivity index (χ1v) is 15.0. The second-order valence-corrected chi connectivity index (χ2v) is 11.6. The standard InChI is InChI=1S/C32H42N4O6/c1-40-27-16-21-9-10-30(38)36-19-22-15-25(20-35(18-22)32(39)24-11-13-34-29(17-24)41-2)26(36)7-4-8-28(37)33-12-5-6-23(14-21)31(27)42-3/h11,13-14,16-17,22,25-26H,4-10,12,15,18-20H2,1-3H3,(H,33,37)/t22-,25-,26-/m0/s1. The molecule has 42 heavy (non-hydrogen) atoms. The van der Waals surface area contributed by atoms with Gasteiger partial charge >= 0.3 is 0 Å². The number of carbonyl (C=O) groups is 3. The van der Waals surface area contributed by atoms with E-state index in [4.69, 9.17) is 14.2 Å². The van der Waals surface area contributed by atoms with Crippen molar-refractivity contribution in [1.82, 2.24) is 20.1 Å². The Labute approximate surface area is 247 Å². The van der Waals surface area contributed by atoms with Crippen LogP contribution in [0.4, 0.5) is 0 Å². The maximum atomic E-state index is 13.8. The maximum Gasteiger partial charge on any atom is 0.254 e. The second-order valence-electron chi connectivity index (χ2n) is 11.6. The van der Waals surface area contributed by atoms with Gasteiger partial charge in [-0.15, -0.1) is 0 Å². The van der Waals surface area contributed by atoms with Crippen LogP contribution in [-0.2, 0) is 22.4 Å². The van der Waals surface area contributed by atoms with Crippen molar-refractivity contribution >= 4 is 17.7 Å². The lowest BCUT2D eigenvalue weighted by Gasteiger charge is -2.51. The number of aryl methyl sites for hydroxylation is 2. The van der Waals surface area contributed by atoms with Gasteiger partial charge in [0.25, 0.3) is 5.91 Å². The zero-order chi connectivity index (χ0) is 29.6. The van der Waals surface area contributed by atoms with Crippen LogP contribution in [0.25, 0.3) is 0 Å². The van der Waals surface area contributed by atoms with Gasteiger partial charge in [0.05, 0.1) is 21.3 Å². The van der Waals surface area contributed by atoms with Gasteiger partial charge in [0.2, 0.25) is 17.7 Å². The Bertz CT molecular complexity index is 1300. The van der Waals surface area contributed by atoms with E-state index >= 15 is 0 Å². The van der Waals surface area contributed by atoms with Crippen LogP contribution in [0.3, 0.4) is 0 Å². The smallest absolute Gasteiger partial charge is 0.254 e. The SMILES string of the molecule is COc1cc(C(=O)N2C[C@@H]3C[C@@H](C2)[C@@H]2CCCC(=O)NCCCc4cc(cc(OC)c4OC)CCC(=O)N2C3)ccn1. The van der Waals surface area contributed by atoms with Gasteiger partial charge in [0.15, 0.2) is 11.5 Å². The third-order valence-electron chi connectivity index (χ3n) is 8.86. The number of hydrogen-bond acceptors (Lipinski definition) is 7. The van der Waals surface area contributed by atoms with E-state index in [2.05, 4.69) is 21.3 Å². The Kier molecular flexibility index (Phi) is 9.49. The van der Waals surface area contributed by atoms with Crippen LogP contribution in [0, 0.1) is 11.8 Å². The summed E-state index contributed by atoms with van der Waals surface area (Å²) in [5, 5.41) is 3.05. The summed E-state index contributed by atoms with van der Waals surface area (Å²) >= 11 is 0. The van der Waals surface area contributed by atoms with Gasteiger partial charge in [-0.05, 0) is 73.6 Å². The molecule has 3 aliphatic heterocycles. The molecule has 0 saturated carbocycles. The summed E-state index contributed by atoms with van der Waals surface area (Å²) in [7, 11) is 4.79. The number of hydrogen-bond donors (Lipinski definition) is 1. The zero-order valence-corrected chi connectivity index (χ0v) is 24.9. The highest BCUT2D eigenvalue weighted by Gasteiger charge is 2.43. The lowest BCUT2D eigenvalue weighted by atomic mass is 9.77. The minimum Gasteiger partial charge on any atom is -0.493 e. The molecule has 10 nitrogen and oxygen atoms in total. The summed E-state index contributed by atoms with van der Waals surface area (Å²) in [6.45, 7) is 2.40. The van der Waals surface area contributed by atoms with Gasteiger partial charge in [-0.25, -0.2) is 4.98 Å². The third-order valence-corrected chi connectivity index (χ3v) is 8.86. The highest BCUT2D eigenvalue weighted by molar-refractivity contribution is 5.94. The van der Waals surface area contributed by atoms with Crippen LogP contribution in [0.5, 0.6) is 17.4 Å². The van der Waals surface area contributed by atoms with Crippen molar-refractivity contribution in [2.24, 2.45) is 11.8 Å². The monoisotopic (exact) mass is 578 g/mol. The van der Waals surface area contributed by atoms with E-state index in [-0.39, 0.29) is 35.6 Å². The van der Waals surface area contributed by atoms with Gasteiger partial charge in [0, 0.05) is 62.9 Å². The highest BCUT2D eigenvalue weighted by Crippen LogP contribution is 2.37. The molecule has 0 unspecified atom stereocenters. The molecule has 1 aromatic heterocycles. The number of piperidine rings is 2. The Morgan fingerprint density at radius 1 is 0.952 bits per heavy atom. The predicted octanol–water partition coefficient (Wildman–Crippen LogP) is 3.26. The van der Waals surface area contributed by atoms with E-state index in [1.165, 1.54) is 7.11 Å². The Morgan fingerprint density at radius 3 is 2.60 bits per heavy atom. The van der Waals surface area contributed by atoms with E-state index in [1.807, 2.05) is 11.0 Å². The number of benzene rings is 1. The van der Waals surface area contributed by atoms with Crippen molar-refractivity contribution in [3.05, 3.63) is 47.2 Å². The quantitative estimate of drug-likeness (QED) is 0.593. The first kappa shape index (κ1) is 29.7. The normalized spacial score (nSPS) is 23.5. The third kappa shape index (κ3) is 6.63. The molecule has 0 radical (unpaired) electrons. The van der Waals surface area contributed by atoms with Crippen molar-refractivity contribution < 1.29 is 28.6 Å². The molecule has 226 valence electrons. The minimum absolute atomic E-state index is 0.0157. The molecule has 2 aromatic rings. The number of aromatic nitrogens is 1. The average molecular weight is 579 g/mol. The van der Waals surface area contributed by atoms with Gasteiger partial charge in [0.1, 0.15) is 0 Å². The van der Waals surface area contributed by atoms with Gasteiger partial charge in [-0.3, -0.25) is 14.4 Å². The average Bonchev–Trinajstić information content (AvgIpc) is 3.01. The zero-order valence-electron chi connectivity index (χ0n) is 24.9. The Morgan fingerprint density at radius 2 is 1.81 bits per heavy atom. The lowest BCUT2D eigenvalue weighted by molar-refractivity contribution is -0.140. The molecule has 4 bridgehead atoms. The van der Waals surface area contributed by atoms with Crippen LogP contribution in [0.1, 0.15) is 60.0 Å². The first-order valence-electron chi connectivity index (χ1n) is 15.0. The van der Waals surface area contributed by atoms with E-state index < -0.39 is 0 Å². The van der Waals surface area contributed by atoms with E-state index in [1.54, 1.807) is 32.5 Å². The maximum absolute atomic E-state index is 13.8. The number of carbonyl (C=O) groups excluding carboxylic acids is 3. The van der Waals surface area contributed by atoms with E-state index in [0.717, 1.165) is 36.8 Å². The predicted molar refractivity (Wildman–Crippen MR) is 157 cm³/mol. The molecule has 5 rings (SSSR count). The Hall–Kier alpha value is -3.82. The molecule has 3 aliphatic rings. The summed E-state index contributed by atoms with van der Waals surface area (Å²) in [6.07, 6.45) is 6.93. The molecular formula is C32H42N4O6. The molecule has 2 fully saturated rings. The number of nitrogens with zero attached hydrogens (tertiary/aromatic N) is 3. The summed E-state index contributed by atoms with van der Waals surface area (Å²) in [5.41, 5.74) is 2.60. The van der Waals surface area contributed by atoms with E-state index in [9.17, 15) is 14.4 Å². The van der Waals surface area contributed by atoms with Gasteiger partial charge in [-0.2, -0.15) is 0 Å². The van der Waals surface area contributed by atoms with Crippen molar-refractivity contribution in [2.45, 2.75) is 57.4 Å². The van der Waals surface area contributed by atoms with Gasteiger partial charge < -0.3 is 29.3 Å². The molecule has 3 atom stereocenters. The Balaban J connectivity index is 1.37. The molecule has 0 aliphatic carbocycles. The van der Waals surface area contributed by atoms with Crippen LogP contribution in [0.2, 0.25) is 0 Å². The molecule has 1 N–H and O–H groups in total. The summed E-state index contributed by atoms with van der Waals surface area (Å²) in [5.74, 6) is 2.24. The number of likely N-dealkylation sites (tertiary alicyclic amines) is 1. The number of amides is 3. The van der Waals surface area contributed by atoms with Crippen molar-refractivity contribution in [3.8, 4) is 17.4 Å².